The van der Waals surface area contributed by atoms with E-state index in [9.17, 15) is 27.6 Å². The Labute approximate surface area is 168 Å². The van der Waals surface area contributed by atoms with Crippen molar-refractivity contribution < 1.29 is 37.5 Å². The van der Waals surface area contributed by atoms with Crippen molar-refractivity contribution >= 4 is 29.4 Å². The SMILES string of the molecule is CC1=NC(CC(=O)N(C)C)(C(N)=O)Cc2cc(C(N)=O)cnc21.O=C(O)C(F)(F)F. The molecular weight excluding hydrogens is 411 g/mol. The van der Waals surface area contributed by atoms with Gasteiger partial charge in [0.1, 0.15) is 0 Å². The highest BCUT2D eigenvalue weighted by molar-refractivity contribution is 6.04. The van der Waals surface area contributed by atoms with Crippen LogP contribution in [0.2, 0.25) is 0 Å². The first-order chi connectivity index (χ1) is 13.6. The maximum Gasteiger partial charge on any atom is 0.490 e. The lowest BCUT2D eigenvalue weighted by atomic mass is 9.82. The number of nitrogens with zero attached hydrogens (tertiary/aromatic N) is 3. The summed E-state index contributed by atoms with van der Waals surface area (Å²) >= 11 is 0. The van der Waals surface area contributed by atoms with E-state index in [1.165, 1.54) is 11.1 Å². The summed E-state index contributed by atoms with van der Waals surface area (Å²) in [5.41, 5.74) is 11.4. The Hall–Kier alpha value is -3.51. The standard InChI is InChI=1S/C15H19N5O3.C2HF3O2/c1-8-12-9(4-10(7-18-12)13(16)22)5-15(19-8,14(17)23)6-11(21)20(2)3;3-2(4,5)1(6)7/h4,7H,5-6H2,1-3H3,(H2,16,22)(H2,17,23);(H,6,7). The van der Waals surface area contributed by atoms with Gasteiger partial charge in [0.15, 0.2) is 5.54 Å². The lowest BCUT2D eigenvalue weighted by molar-refractivity contribution is -0.192. The Morgan fingerprint density at radius 3 is 2.17 bits per heavy atom. The second kappa shape index (κ2) is 8.88. The van der Waals surface area contributed by atoms with Crippen LogP contribution in [-0.4, -0.2) is 70.2 Å². The number of carbonyl (C=O) groups excluding carboxylic acids is 3. The Morgan fingerprint density at radius 1 is 1.23 bits per heavy atom. The molecule has 1 aromatic rings. The molecule has 0 bridgehead atoms. The van der Waals surface area contributed by atoms with Crippen LogP contribution >= 0.6 is 0 Å². The van der Waals surface area contributed by atoms with Crippen LogP contribution < -0.4 is 11.5 Å². The number of pyridine rings is 1. The van der Waals surface area contributed by atoms with Crippen LogP contribution in [0.4, 0.5) is 13.2 Å². The van der Waals surface area contributed by atoms with Crippen LogP contribution in [0, 0.1) is 0 Å². The number of carboxylic acid groups (broad SMARTS) is 1. The predicted molar refractivity (Wildman–Crippen MR) is 97.6 cm³/mol. The molecule has 0 spiro atoms. The second-order valence-corrected chi connectivity index (χ2v) is 6.63. The van der Waals surface area contributed by atoms with Gasteiger partial charge in [0.25, 0.3) is 0 Å². The van der Waals surface area contributed by atoms with Gasteiger partial charge in [0, 0.05) is 26.7 Å². The minimum Gasteiger partial charge on any atom is -0.475 e. The van der Waals surface area contributed by atoms with Crippen LogP contribution in [0.3, 0.4) is 0 Å². The third-order valence-electron chi connectivity index (χ3n) is 4.10. The van der Waals surface area contributed by atoms with E-state index < -0.39 is 29.5 Å². The van der Waals surface area contributed by atoms with Crippen molar-refractivity contribution in [3.63, 3.8) is 0 Å². The maximum absolute atomic E-state index is 12.1. The zero-order valence-corrected chi connectivity index (χ0v) is 16.3. The first-order valence-corrected chi connectivity index (χ1v) is 8.26. The fourth-order valence-corrected chi connectivity index (χ4v) is 2.57. The summed E-state index contributed by atoms with van der Waals surface area (Å²) in [6.07, 6.45) is -3.77. The number of fused-ring (bicyclic) bond motifs is 1. The van der Waals surface area contributed by atoms with Crippen molar-refractivity contribution in [3.8, 4) is 0 Å². The number of carboxylic acids is 1. The van der Waals surface area contributed by atoms with Gasteiger partial charge >= 0.3 is 12.1 Å². The van der Waals surface area contributed by atoms with Crippen molar-refractivity contribution in [2.24, 2.45) is 16.5 Å². The van der Waals surface area contributed by atoms with Gasteiger partial charge in [-0.1, -0.05) is 0 Å². The molecule has 1 unspecified atom stereocenters. The molecule has 0 saturated carbocycles. The van der Waals surface area contributed by atoms with Crippen LogP contribution in [0.1, 0.15) is 35.0 Å². The molecule has 3 amide bonds. The van der Waals surface area contributed by atoms with Gasteiger partial charge in [-0.15, -0.1) is 0 Å². The first kappa shape index (κ1) is 24.5. The van der Waals surface area contributed by atoms with Crippen molar-refractivity contribution in [3.05, 3.63) is 29.1 Å². The van der Waals surface area contributed by atoms with E-state index in [1.54, 1.807) is 27.1 Å². The number of aliphatic imine (C=N–C) groups is 1. The van der Waals surface area contributed by atoms with Crippen LogP contribution in [0.25, 0.3) is 0 Å². The molecule has 1 aliphatic heterocycles. The summed E-state index contributed by atoms with van der Waals surface area (Å²) < 4.78 is 31.7. The van der Waals surface area contributed by atoms with Gasteiger partial charge in [0.2, 0.25) is 17.7 Å². The van der Waals surface area contributed by atoms with E-state index in [4.69, 9.17) is 21.4 Å². The molecule has 1 aromatic heterocycles. The lowest BCUT2D eigenvalue weighted by Crippen LogP contribution is -2.50. The highest BCUT2D eigenvalue weighted by Crippen LogP contribution is 2.30. The Bertz CT molecular complexity index is 914. The molecular formula is C17H20F3N5O5. The number of primary amides is 2. The Kier molecular flexibility index (Phi) is 7.26. The fourth-order valence-electron chi connectivity index (χ4n) is 2.57. The summed E-state index contributed by atoms with van der Waals surface area (Å²) in [5.74, 6) is -4.33. The number of carbonyl (C=O) groups is 4. The summed E-state index contributed by atoms with van der Waals surface area (Å²) in [5, 5.41) is 7.12. The minimum atomic E-state index is -5.08. The maximum atomic E-state index is 12.1. The molecule has 0 radical (unpaired) electrons. The van der Waals surface area contributed by atoms with Crippen molar-refractivity contribution in [1.82, 2.24) is 9.88 Å². The Morgan fingerprint density at radius 2 is 1.77 bits per heavy atom. The third-order valence-corrected chi connectivity index (χ3v) is 4.10. The normalized spacial score (nSPS) is 17.6. The molecule has 1 atom stereocenters. The van der Waals surface area contributed by atoms with Crippen molar-refractivity contribution in [2.45, 2.75) is 31.5 Å². The van der Waals surface area contributed by atoms with E-state index in [2.05, 4.69) is 9.98 Å². The highest BCUT2D eigenvalue weighted by Gasteiger charge is 2.43. The van der Waals surface area contributed by atoms with Gasteiger partial charge < -0.3 is 21.5 Å². The van der Waals surface area contributed by atoms with E-state index in [0.29, 0.717) is 17.0 Å². The second-order valence-electron chi connectivity index (χ2n) is 6.63. The molecule has 164 valence electrons. The van der Waals surface area contributed by atoms with E-state index >= 15 is 0 Å². The molecule has 2 rings (SSSR count). The number of alkyl halides is 3. The third kappa shape index (κ3) is 5.75. The molecule has 0 fully saturated rings. The van der Waals surface area contributed by atoms with Gasteiger partial charge in [0.05, 0.1) is 23.4 Å². The van der Waals surface area contributed by atoms with E-state index in [1.807, 2.05) is 0 Å². The molecule has 1 aliphatic rings. The number of aliphatic carboxylic acids is 1. The quantitative estimate of drug-likeness (QED) is 0.600. The highest BCUT2D eigenvalue weighted by atomic mass is 19.4. The summed E-state index contributed by atoms with van der Waals surface area (Å²) in [7, 11) is 3.19. The molecule has 5 N–H and O–H groups in total. The fraction of sp³-hybridized carbons (Fsp3) is 0.412. The van der Waals surface area contributed by atoms with Crippen LogP contribution in [-0.2, 0) is 20.8 Å². The van der Waals surface area contributed by atoms with Crippen molar-refractivity contribution in [2.75, 3.05) is 14.1 Å². The van der Waals surface area contributed by atoms with Gasteiger partial charge in [-0.05, 0) is 18.6 Å². The van der Waals surface area contributed by atoms with Gasteiger partial charge in [-0.3, -0.25) is 24.4 Å². The summed E-state index contributed by atoms with van der Waals surface area (Å²) in [6, 6.07) is 1.57. The zero-order valence-electron chi connectivity index (χ0n) is 16.3. The molecule has 0 aromatic carbocycles. The number of halogens is 3. The molecule has 30 heavy (non-hydrogen) atoms. The lowest BCUT2D eigenvalue weighted by Gasteiger charge is -2.32. The number of amides is 3. The smallest absolute Gasteiger partial charge is 0.475 e. The minimum absolute atomic E-state index is 0.0999. The van der Waals surface area contributed by atoms with Crippen molar-refractivity contribution in [1.29, 1.82) is 0 Å². The number of hydrogen-bond donors (Lipinski definition) is 3. The molecule has 0 aliphatic carbocycles. The monoisotopic (exact) mass is 431 g/mol. The molecule has 0 saturated heterocycles. The summed E-state index contributed by atoms with van der Waals surface area (Å²) in [4.78, 5) is 54.3. The first-order valence-electron chi connectivity index (χ1n) is 8.26. The topological polar surface area (TPSA) is 169 Å². The molecule has 10 nitrogen and oxygen atoms in total. The van der Waals surface area contributed by atoms with E-state index in [0.717, 1.165) is 0 Å². The average Bonchev–Trinajstić information content (AvgIpc) is 2.60. The molecule has 2 heterocycles. The number of rotatable bonds is 4. The number of hydrogen-bond acceptors (Lipinski definition) is 6. The van der Waals surface area contributed by atoms with E-state index in [-0.39, 0.29) is 24.3 Å². The number of nitrogens with two attached hydrogens (primary N) is 2. The van der Waals surface area contributed by atoms with Crippen LogP contribution in [0.5, 0.6) is 0 Å². The molecule has 13 heteroatoms. The van der Waals surface area contributed by atoms with Crippen LogP contribution in [0.15, 0.2) is 17.3 Å². The number of aromatic nitrogens is 1. The van der Waals surface area contributed by atoms with Gasteiger partial charge in [-0.2, -0.15) is 13.2 Å². The predicted octanol–water partition coefficient (Wildman–Crippen LogP) is -0.119. The largest absolute Gasteiger partial charge is 0.490 e. The Balaban J connectivity index is 0.000000553. The zero-order chi connectivity index (χ0) is 23.4. The average molecular weight is 431 g/mol. The summed E-state index contributed by atoms with van der Waals surface area (Å²) in [6.45, 7) is 1.69. The van der Waals surface area contributed by atoms with Gasteiger partial charge in [-0.25, -0.2) is 4.79 Å².